The van der Waals surface area contributed by atoms with Crippen molar-refractivity contribution in [3.8, 4) is 0 Å². The van der Waals surface area contributed by atoms with Gasteiger partial charge in [-0.3, -0.25) is 0 Å². The molecule has 66 valence electrons. The van der Waals surface area contributed by atoms with Crippen molar-refractivity contribution >= 4 is 17.4 Å². The van der Waals surface area contributed by atoms with E-state index in [9.17, 15) is 0 Å². The first-order valence-corrected chi connectivity index (χ1v) is 4.29. The Morgan fingerprint density at radius 1 is 1.58 bits per heavy atom. The van der Waals surface area contributed by atoms with Crippen LogP contribution in [-0.2, 0) is 0 Å². The van der Waals surface area contributed by atoms with Crippen LogP contribution in [0.15, 0.2) is 18.3 Å². The molecule has 0 aliphatic heterocycles. The van der Waals surface area contributed by atoms with Gasteiger partial charge in [0, 0.05) is 17.6 Å². The Bertz CT molecular complexity index is 235. The van der Waals surface area contributed by atoms with E-state index in [4.69, 9.17) is 11.6 Å². The van der Waals surface area contributed by atoms with Gasteiger partial charge >= 0.3 is 0 Å². The van der Waals surface area contributed by atoms with Crippen LogP contribution in [0.3, 0.4) is 0 Å². The lowest BCUT2D eigenvalue weighted by molar-refractivity contribution is 0.635. The zero-order valence-corrected chi connectivity index (χ0v) is 7.97. The smallest absolute Gasteiger partial charge is 0.149 e. The zero-order valence-electron chi connectivity index (χ0n) is 7.21. The molecule has 0 fully saturated rings. The highest BCUT2D eigenvalue weighted by atomic mass is 35.5. The fraction of sp³-hybridized carbons (Fsp3) is 0.500. The second kappa shape index (κ2) is 3.72. The largest absolute Gasteiger partial charge is 0.363 e. The summed E-state index contributed by atoms with van der Waals surface area (Å²) in [5, 5.41) is 10.8. The Labute approximate surface area is 77.2 Å². The van der Waals surface area contributed by atoms with E-state index in [0.29, 0.717) is 5.88 Å². The van der Waals surface area contributed by atoms with Crippen molar-refractivity contribution in [1.82, 2.24) is 10.2 Å². The van der Waals surface area contributed by atoms with Crippen molar-refractivity contribution in [2.45, 2.75) is 19.4 Å². The van der Waals surface area contributed by atoms with Crippen molar-refractivity contribution in [1.29, 1.82) is 0 Å². The SMILES string of the molecule is CC(C)(CCl)Nc1cccnn1. The molecule has 0 aliphatic carbocycles. The molecule has 0 unspecified atom stereocenters. The average Bonchev–Trinajstić information content (AvgIpc) is 2.06. The van der Waals surface area contributed by atoms with Gasteiger partial charge in [0.2, 0.25) is 0 Å². The minimum Gasteiger partial charge on any atom is -0.363 e. The highest BCUT2D eigenvalue weighted by molar-refractivity contribution is 6.18. The second-order valence-electron chi connectivity index (χ2n) is 3.25. The number of nitrogens with one attached hydrogen (secondary N) is 1. The molecule has 0 saturated heterocycles. The second-order valence-corrected chi connectivity index (χ2v) is 3.52. The third-order valence-electron chi connectivity index (χ3n) is 1.37. The topological polar surface area (TPSA) is 37.8 Å². The molecule has 0 atom stereocenters. The van der Waals surface area contributed by atoms with Crippen LogP contribution in [0.2, 0.25) is 0 Å². The first-order chi connectivity index (χ1) is 5.64. The normalized spacial score (nSPS) is 11.2. The average molecular weight is 186 g/mol. The first kappa shape index (κ1) is 9.26. The summed E-state index contributed by atoms with van der Waals surface area (Å²) in [6.45, 7) is 4.02. The van der Waals surface area contributed by atoms with Gasteiger partial charge in [0.15, 0.2) is 0 Å². The molecule has 3 nitrogen and oxygen atoms in total. The lowest BCUT2D eigenvalue weighted by Gasteiger charge is -2.23. The molecule has 0 bridgehead atoms. The Hall–Kier alpha value is -0.830. The number of halogens is 1. The summed E-state index contributed by atoms with van der Waals surface area (Å²) in [5.74, 6) is 1.28. The summed E-state index contributed by atoms with van der Waals surface area (Å²) in [4.78, 5) is 0. The van der Waals surface area contributed by atoms with Gasteiger partial charge in [-0.15, -0.1) is 16.7 Å². The molecule has 1 heterocycles. The Morgan fingerprint density at radius 3 is 2.83 bits per heavy atom. The van der Waals surface area contributed by atoms with E-state index in [2.05, 4.69) is 15.5 Å². The number of alkyl halides is 1. The molecule has 0 amide bonds. The number of hydrogen-bond donors (Lipinski definition) is 1. The van der Waals surface area contributed by atoms with E-state index in [1.807, 2.05) is 26.0 Å². The van der Waals surface area contributed by atoms with Crippen molar-refractivity contribution < 1.29 is 0 Å². The fourth-order valence-corrected chi connectivity index (χ4v) is 0.815. The van der Waals surface area contributed by atoms with E-state index >= 15 is 0 Å². The fourth-order valence-electron chi connectivity index (χ4n) is 0.748. The molecular weight excluding hydrogens is 174 g/mol. The molecule has 1 aromatic rings. The zero-order chi connectivity index (χ0) is 9.03. The van der Waals surface area contributed by atoms with Crippen LogP contribution >= 0.6 is 11.6 Å². The third kappa shape index (κ3) is 2.66. The Balaban J connectivity index is 2.64. The van der Waals surface area contributed by atoms with E-state index in [-0.39, 0.29) is 5.54 Å². The highest BCUT2D eigenvalue weighted by Crippen LogP contribution is 2.12. The van der Waals surface area contributed by atoms with Crippen LogP contribution in [-0.4, -0.2) is 21.6 Å². The van der Waals surface area contributed by atoms with Crippen molar-refractivity contribution in [2.75, 3.05) is 11.2 Å². The summed E-state index contributed by atoms with van der Waals surface area (Å²) < 4.78 is 0. The van der Waals surface area contributed by atoms with Gasteiger partial charge in [0.1, 0.15) is 5.82 Å². The van der Waals surface area contributed by atoms with Crippen molar-refractivity contribution in [2.24, 2.45) is 0 Å². The number of nitrogens with zero attached hydrogens (tertiary/aromatic N) is 2. The van der Waals surface area contributed by atoms with Crippen LogP contribution in [0, 0.1) is 0 Å². The van der Waals surface area contributed by atoms with Crippen molar-refractivity contribution in [3.05, 3.63) is 18.3 Å². The molecule has 1 aromatic heterocycles. The first-order valence-electron chi connectivity index (χ1n) is 3.76. The van der Waals surface area contributed by atoms with Crippen LogP contribution < -0.4 is 5.32 Å². The lowest BCUT2D eigenvalue weighted by Crippen LogP contribution is -2.33. The molecule has 0 spiro atoms. The predicted octanol–water partition coefficient (Wildman–Crippen LogP) is 1.91. The van der Waals surface area contributed by atoms with E-state index in [0.717, 1.165) is 5.82 Å². The summed E-state index contributed by atoms with van der Waals surface area (Å²) in [6.07, 6.45) is 1.64. The minimum atomic E-state index is -0.141. The van der Waals surface area contributed by atoms with Crippen LogP contribution in [0.4, 0.5) is 5.82 Å². The van der Waals surface area contributed by atoms with E-state index in [1.165, 1.54) is 0 Å². The standard InChI is InChI=1S/C8H12ClN3/c1-8(2,6-9)11-7-4-3-5-10-12-7/h3-5H,6H2,1-2H3,(H,11,12). The maximum absolute atomic E-state index is 5.73. The minimum absolute atomic E-state index is 0.141. The summed E-state index contributed by atoms with van der Waals surface area (Å²) in [6, 6.07) is 3.70. The molecule has 4 heteroatoms. The quantitative estimate of drug-likeness (QED) is 0.732. The number of rotatable bonds is 3. The molecule has 12 heavy (non-hydrogen) atoms. The number of aromatic nitrogens is 2. The highest BCUT2D eigenvalue weighted by Gasteiger charge is 2.15. The van der Waals surface area contributed by atoms with Crippen LogP contribution in [0.5, 0.6) is 0 Å². The van der Waals surface area contributed by atoms with Crippen molar-refractivity contribution in [3.63, 3.8) is 0 Å². The van der Waals surface area contributed by atoms with E-state index in [1.54, 1.807) is 6.20 Å². The number of hydrogen-bond acceptors (Lipinski definition) is 3. The predicted molar refractivity (Wildman–Crippen MR) is 50.5 cm³/mol. The molecule has 0 saturated carbocycles. The van der Waals surface area contributed by atoms with Crippen LogP contribution in [0.1, 0.15) is 13.8 Å². The summed E-state index contributed by atoms with van der Waals surface area (Å²) >= 11 is 5.73. The van der Waals surface area contributed by atoms with Gasteiger partial charge < -0.3 is 5.32 Å². The number of anilines is 1. The summed E-state index contributed by atoms with van der Waals surface area (Å²) in [7, 11) is 0. The monoisotopic (exact) mass is 185 g/mol. The van der Waals surface area contributed by atoms with Crippen LogP contribution in [0.25, 0.3) is 0 Å². The maximum atomic E-state index is 5.73. The molecule has 0 radical (unpaired) electrons. The van der Waals surface area contributed by atoms with Gasteiger partial charge in [-0.05, 0) is 26.0 Å². The van der Waals surface area contributed by atoms with Gasteiger partial charge in [0.25, 0.3) is 0 Å². The molecule has 1 rings (SSSR count). The molecule has 0 aliphatic rings. The Morgan fingerprint density at radius 2 is 2.33 bits per heavy atom. The molecular formula is C8H12ClN3. The van der Waals surface area contributed by atoms with E-state index < -0.39 is 0 Å². The third-order valence-corrected chi connectivity index (χ3v) is 2.04. The van der Waals surface area contributed by atoms with Gasteiger partial charge in [-0.25, -0.2) is 0 Å². The molecule has 1 N–H and O–H groups in total. The van der Waals surface area contributed by atoms with Gasteiger partial charge in [-0.1, -0.05) is 0 Å². The maximum Gasteiger partial charge on any atom is 0.149 e. The summed E-state index contributed by atoms with van der Waals surface area (Å²) in [5.41, 5.74) is -0.141. The lowest BCUT2D eigenvalue weighted by atomic mass is 10.1. The molecule has 0 aromatic carbocycles. The Kier molecular flexibility index (Phi) is 2.87. The van der Waals surface area contributed by atoms with Gasteiger partial charge in [0.05, 0.1) is 0 Å². The van der Waals surface area contributed by atoms with Gasteiger partial charge in [-0.2, -0.15) is 5.10 Å².